The van der Waals surface area contributed by atoms with Crippen LogP contribution >= 0.6 is 0 Å². The van der Waals surface area contributed by atoms with E-state index in [0.29, 0.717) is 12.0 Å². The molecule has 2 rings (SSSR count). The van der Waals surface area contributed by atoms with Crippen molar-refractivity contribution in [2.75, 3.05) is 7.11 Å². The summed E-state index contributed by atoms with van der Waals surface area (Å²) in [6.07, 6.45) is 16.3. The molecule has 0 aromatic rings. The Labute approximate surface area is 93.9 Å². The van der Waals surface area contributed by atoms with Crippen molar-refractivity contribution in [3.8, 4) is 0 Å². The fourth-order valence-corrected chi connectivity index (χ4v) is 3.29. The lowest BCUT2D eigenvalue weighted by atomic mass is 9.77. The SMILES string of the molecule is COC(C1C=CCCC1)C1CCCCC1. The molecule has 2 atom stereocenters. The fraction of sp³-hybridized carbons (Fsp3) is 0.857. The molecule has 0 heterocycles. The molecule has 0 radical (unpaired) electrons. The van der Waals surface area contributed by atoms with Crippen molar-refractivity contribution < 1.29 is 4.74 Å². The average molecular weight is 208 g/mol. The summed E-state index contributed by atoms with van der Waals surface area (Å²) in [7, 11) is 1.90. The Bertz CT molecular complexity index is 203. The predicted octanol–water partition coefficient (Wildman–Crippen LogP) is 3.94. The van der Waals surface area contributed by atoms with Crippen LogP contribution < -0.4 is 0 Å². The first-order chi connectivity index (χ1) is 7.42. The van der Waals surface area contributed by atoms with Gasteiger partial charge in [0.05, 0.1) is 6.10 Å². The molecule has 1 heteroatoms. The minimum atomic E-state index is 0.502. The monoisotopic (exact) mass is 208 g/mol. The van der Waals surface area contributed by atoms with Gasteiger partial charge in [-0.3, -0.25) is 0 Å². The molecule has 15 heavy (non-hydrogen) atoms. The lowest BCUT2D eigenvalue weighted by Crippen LogP contribution is -2.32. The molecule has 0 bridgehead atoms. The lowest BCUT2D eigenvalue weighted by molar-refractivity contribution is 0.00320. The first-order valence-electron chi connectivity index (χ1n) is 6.61. The summed E-state index contributed by atoms with van der Waals surface area (Å²) in [6, 6.07) is 0. The Morgan fingerprint density at radius 3 is 2.47 bits per heavy atom. The normalized spacial score (nSPS) is 30.3. The first kappa shape index (κ1) is 11.2. The predicted molar refractivity (Wildman–Crippen MR) is 63.9 cm³/mol. The van der Waals surface area contributed by atoms with Crippen LogP contribution in [0.5, 0.6) is 0 Å². The topological polar surface area (TPSA) is 9.23 Å². The molecule has 1 nitrogen and oxygen atoms in total. The minimum Gasteiger partial charge on any atom is -0.381 e. The van der Waals surface area contributed by atoms with Crippen molar-refractivity contribution >= 4 is 0 Å². The number of rotatable bonds is 3. The summed E-state index contributed by atoms with van der Waals surface area (Å²) >= 11 is 0. The standard InChI is InChI=1S/C14H24O/c1-15-14(12-8-4-2-5-9-12)13-10-6-3-7-11-13/h4,8,12-14H,2-3,5-7,9-11H2,1H3. The molecule has 0 aliphatic heterocycles. The highest BCUT2D eigenvalue weighted by Gasteiger charge is 2.29. The van der Waals surface area contributed by atoms with E-state index in [2.05, 4.69) is 12.2 Å². The van der Waals surface area contributed by atoms with Gasteiger partial charge in [0.2, 0.25) is 0 Å². The van der Waals surface area contributed by atoms with Crippen molar-refractivity contribution in [1.82, 2.24) is 0 Å². The zero-order valence-electron chi connectivity index (χ0n) is 9.95. The molecular formula is C14H24O. The Balaban J connectivity index is 1.95. The molecule has 2 unspecified atom stereocenters. The highest BCUT2D eigenvalue weighted by atomic mass is 16.5. The number of hydrogen-bond acceptors (Lipinski definition) is 1. The van der Waals surface area contributed by atoms with Gasteiger partial charge < -0.3 is 4.74 Å². The summed E-state index contributed by atoms with van der Waals surface area (Å²) < 4.78 is 5.78. The van der Waals surface area contributed by atoms with Gasteiger partial charge in [-0.15, -0.1) is 0 Å². The molecule has 0 amide bonds. The van der Waals surface area contributed by atoms with E-state index in [1.54, 1.807) is 0 Å². The average Bonchev–Trinajstić information content (AvgIpc) is 2.33. The van der Waals surface area contributed by atoms with Gasteiger partial charge >= 0.3 is 0 Å². The highest BCUT2D eigenvalue weighted by Crippen LogP contribution is 2.34. The summed E-state index contributed by atoms with van der Waals surface area (Å²) in [4.78, 5) is 0. The van der Waals surface area contributed by atoms with Gasteiger partial charge in [0.15, 0.2) is 0 Å². The van der Waals surface area contributed by atoms with E-state index in [1.165, 1.54) is 51.4 Å². The van der Waals surface area contributed by atoms with Gasteiger partial charge in [-0.2, -0.15) is 0 Å². The van der Waals surface area contributed by atoms with E-state index in [9.17, 15) is 0 Å². The first-order valence-corrected chi connectivity index (χ1v) is 6.61. The Hall–Kier alpha value is -0.300. The molecule has 0 saturated heterocycles. The van der Waals surface area contributed by atoms with E-state index >= 15 is 0 Å². The van der Waals surface area contributed by atoms with Gasteiger partial charge in [-0.05, 0) is 38.0 Å². The largest absolute Gasteiger partial charge is 0.381 e. The van der Waals surface area contributed by atoms with Gasteiger partial charge in [0.25, 0.3) is 0 Å². The highest BCUT2D eigenvalue weighted by molar-refractivity contribution is 4.98. The summed E-state index contributed by atoms with van der Waals surface area (Å²) in [5, 5.41) is 0. The van der Waals surface area contributed by atoms with Gasteiger partial charge in [0, 0.05) is 13.0 Å². The van der Waals surface area contributed by atoms with Crippen molar-refractivity contribution in [3.05, 3.63) is 12.2 Å². The molecule has 86 valence electrons. The second-order valence-electron chi connectivity index (χ2n) is 5.12. The van der Waals surface area contributed by atoms with Crippen LogP contribution in [0, 0.1) is 11.8 Å². The summed E-state index contributed by atoms with van der Waals surface area (Å²) in [5.41, 5.74) is 0. The molecule has 2 aliphatic carbocycles. The molecule has 1 saturated carbocycles. The van der Waals surface area contributed by atoms with Gasteiger partial charge in [-0.1, -0.05) is 31.4 Å². The molecular weight excluding hydrogens is 184 g/mol. The van der Waals surface area contributed by atoms with Gasteiger partial charge in [-0.25, -0.2) is 0 Å². The second kappa shape index (κ2) is 5.69. The maximum Gasteiger partial charge on any atom is 0.0661 e. The van der Waals surface area contributed by atoms with Crippen LogP contribution in [-0.4, -0.2) is 13.2 Å². The van der Waals surface area contributed by atoms with Crippen molar-refractivity contribution in [2.45, 2.75) is 57.5 Å². The van der Waals surface area contributed by atoms with E-state index < -0.39 is 0 Å². The van der Waals surface area contributed by atoms with E-state index in [4.69, 9.17) is 4.74 Å². The van der Waals surface area contributed by atoms with Crippen molar-refractivity contribution in [2.24, 2.45) is 11.8 Å². The van der Waals surface area contributed by atoms with Crippen LogP contribution in [0.3, 0.4) is 0 Å². The van der Waals surface area contributed by atoms with Crippen LogP contribution in [0.1, 0.15) is 51.4 Å². The minimum absolute atomic E-state index is 0.502. The Morgan fingerprint density at radius 1 is 1.07 bits per heavy atom. The van der Waals surface area contributed by atoms with Gasteiger partial charge in [0.1, 0.15) is 0 Å². The van der Waals surface area contributed by atoms with E-state index in [-0.39, 0.29) is 0 Å². The van der Waals surface area contributed by atoms with E-state index in [0.717, 1.165) is 5.92 Å². The third-order valence-corrected chi connectivity index (χ3v) is 4.10. The third-order valence-electron chi connectivity index (χ3n) is 4.10. The quantitative estimate of drug-likeness (QED) is 0.638. The van der Waals surface area contributed by atoms with Crippen LogP contribution in [-0.2, 0) is 4.74 Å². The zero-order valence-corrected chi connectivity index (χ0v) is 9.95. The third kappa shape index (κ3) is 2.84. The zero-order chi connectivity index (χ0) is 10.5. The molecule has 0 aromatic heterocycles. The molecule has 2 aliphatic rings. The molecule has 0 N–H and O–H groups in total. The Kier molecular flexibility index (Phi) is 4.25. The van der Waals surface area contributed by atoms with Crippen LogP contribution in [0.2, 0.25) is 0 Å². The summed E-state index contributed by atoms with van der Waals surface area (Å²) in [5.74, 6) is 1.53. The number of ether oxygens (including phenoxy) is 1. The van der Waals surface area contributed by atoms with E-state index in [1.807, 2.05) is 7.11 Å². The molecule has 1 fully saturated rings. The lowest BCUT2D eigenvalue weighted by Gasteiger charge is -2.34. The second-order valence-corrected chi connectivity index (χ2v) is 5.12. The smallest absolute Gasteiger partial charge is 0.0661 e. The van der Waals surface area contributed by atoms with Crippen LogP contribution in [0.25, 0.3) is 0 Å². The van der Waals surface area contributed by atoms with Crippen molar-refractivity contribution in [3.63, 3.8) is 0 Å². The van der Waals surface area contributed by atoms with Crippen LogP contribution in [0.4, 0.5) is 0 Å². The summed E-state index contributed by atoms with van der Waals surface area (Å²) in [6.45, 7) is 0. The number of allylic oxidation sites excluding steroid dienone is 1. The maximum atomic E-state index is 5.78. The Morgan fingerprint density at radius 2 is 1.87 bits per heavy atom. The number of hydrogen-bond donors (Lipinski definition) is 0. The fourth-order valence-electron chi connectivity index (χ4n) is 3.29. The number of methoxy groups -OCH3 is 1. The van der Waals surface area contributed by atoms with Crippen molar-refractivity contribution in [1.29, 1.82) is 0 Å². The van der Waals surface area contributed by atoms with Crippen LogP contribution in [0.15, 0.2) is 12.2 Å². The maximum absolute atomic E-state index is 5.78. The molecule has 0 spiro atoms. The molecule has 0 aromatic carbocycles.